The summed E-state index contributed by atoms with van der Waals surface area (Å²) in [5.74, 6) is 3.63. The van der Waals surface area contributed by atoms with Gasteiger partial charge in [-0.25, -0.2) is 0 Å². The Bertz CT molecular complexity index is 544. The third-order valence-corrected chi connectivity index (χ3v) is 5.40. The van der Waals surface area contributed by atoms with E-state index in [0.29, 0.717) is 18.2 Å². The molecule has 2 heteroatoms. The quantitative estimate of drug-likeness (QED) is 0.853. The van der Waals surface area contributed by atoms with E-state index in [0.717, 1.165) is 19.3 Å². The summed E-state index contributed by atoms with van der Waals surface area (Å²) in [4.78, 5) is 12.3. The molecule has 0 aliphatic heterocycles. The summed E-state index contributed by atoms with van der Waals surface area (Å²) in [5.41, 5.74) is 1.34. The molecule has 4 rings (SSSR count). The smallest absolute Gasteiger partial charge is 0.137 e. The number of hydrogen-bond acceptors (Lipinski definition) is 2. The lowest BCUT2D eigenvalue weighted by molar-refractivity contribution is -0.135. The van der Waals surface area contributed by atoms with Crippen LogP contribution in [0.15, 0.2) is 30.3 Å². The Balaban J connectivity index is 2.02. The molecule has 0 radical (unpaired) electrons. The van der Waals surface area contributed by atoms with Gasteiger partial charge >= 0.3 is 0 Å². The van der Waals surface area contributed by atoms with E-state index in [1.54, 1.807) is 0 Å². The van der Waals surface area contributed by atoms with E-state index in [-0.39, 0.29) is 17.4 Å². The predicted octanol–water partition coefficient (Wildman–Crippen LogP) is 2.53. The van der Waals surface area contributed by atoms with Crippen molar-refractivity contribution < 1.29 is 4.79 Å². The molecule has 2 bridgehead atoms. The fourth-order valence-corrected chi connectivity index (χ4v) is 4.31. The minimum Gasteiger partial charge on any atom is -0.302 e. The molecule has 0 unspecified atom stereocenters. The highest BCUT2D eigenvalue weighted by Gasteiger charge is 2.55. The zero-order chi connectivity index (χ0) is 14.2. The number of terminal acetylenes is 1. The second-order valence-corrected chi connectivity index (χ2v) is 6.26. The highest BCUT2D eigenvalue weighted by molar-refractivity contribution is 5.84. The van der Waals surface area contributed by atoms with Gasteiger partial charge in [-0.3, -0.25) is 4.79 Å². The minimum atomic E-state index is 0.00887. The molecule has 104 valence electrons. The highest BCUT2D eigenvalue weighted by atomic mass is 16.1. The van der Waals surface area contributed by atoms with Crippen molar-refractivity contribution in [2.24, 2.45) is 11.8 Å². The van der Waals surface area contributed by atoms with Gasteiger partial charge in [-0.15, -0.1) is 6.42 Å². The van der Waals surface area contributed by atoms with E-state index < -0.39 is 0 Å². The molecule has 3 aliphatic rings. The number of nitrogens with one attached hydrogen (secondary N) is 1. The summed E-state index contributed by atoms with van der Waals surface area (Å²) in [6.07, 6.45) is 8.29. The van der Waals surface area contributed by atoms with Gasteiger partial charge in [0.05, 0.1) is 6.54 Å². The molecule has 2 nitrogen and oxygen atoms in total. The van der Waals surface area contributed by atoms with Gasteiger partial charge in [0.15, 0.2) is 0 Å². The van der Waals surface area contributed by atoms with E-state index in [9.17, 15) is 4.79 Å². The molecule has 1 aromatic carbocycles. The second kappa shape index (κ2) is 5.07. The van der Waals surface area contributed by atoms with Gasteiger partial charge in [0, 0.05) is 23.8 Å². The Hall–Kier alpha value is -1.59. The van der Waals surface area contributed by atoms with Gasteiger partial charge in [0.1, 0.15) is 5.78 Å². The normalized spacial score (nSPS) is 35.8. The first-order valence-electron chi connectivity index (χ1n) is 7.43. The number of carbonyl (C=O) groups is 1. The first kappa shape index (κ1) is 13.4. The van der Waals surface area contributed by atoms with Crippen molar-refractivity contribution in [3.05, 3.63) is 35.9 Å². The SMILES string of the molecule is C#CCN[C@H]1[C@@H]2CC[C@@H](CC2=O)[C@]1(C)c1ccccc1. The maximum absolute atomic E-state index is 12.3. The molecular weight excluding hydrogens is 246 g/mol. The summed E-state index contributed by atoms with van der Waals surface area (Å²) in [6.45, 7) is 2.84. The van der Waals surface area contributed by atoms with Gasteiger partial charge < -0.3 is 5.32 Å². The molecule has 1 aromatic rings. The van der Waals surface area contributed by atoms with Crippen molar-refractivity contribution in [1.29, 1.82) is 0 Å². The van der Waals surface area contributed by atoms with E-state index in [2.05, 4.69) is 42.4 Å². The van der Waals surface area contributed by atoms with Crippen LogP contribution in [-0.4, -0.2) is 18.4 Å². The minimum absolute atomic E-state index is 0.00887. The van der Waals surface area contributed by atoms with Crippen molar-refractivity contribution in [3.8, 4) is 12.3 Å². The monoisotopic (exact) mass is 267 g/mol. The van der Waals surface area contributed by atoms with Crippen LogP contribution in [0.4, 0.5) is 0 Å². The van der Waals surface area contributed by atoms with E-state index >= 15 is 0 Å². The number of Topliss-reactive ketones (excluding diaryl/α,β-unsaturated/α-hetero) is 1. The van der Waals surface area contributed by atoms with Crippen LogP contribution in [0.3, 0.4) is 0 Å². The molecule has 4 atom stereocenters. The standard InChI is InChI=1S/C18H21NO/c1-3-11-19-17-15-10-9-14(12-16(15)20)18(17,2)13-7-5-4-6-8-13/h1,4-8,14-15,17,19H,9-12H2,2H3/t14-,15+,17-,18-/m0/s1. The average Bonchev–Trinajstić information content (AvgIpc) is 2.48. The second-order valence-electron chi connectivity index (χ2n) is 6.26. The third-order valence-electron chi connectivity index (χ3n) is 5.40. The van der Waals surface area contributed by atoms with Gasteiger partial charge in [-0.2, -0.15) is 0 Å². The summed E-state index contributed by atoms with van der Waals surface area (Å²) in [5, 5.41) is 3.47. The number of fused-ring (bicyclic) bond motifs is 3. The Morgan fingerprint density at radius 2 is 2.10 bits per heavy atom. The van der Waals surface area contributed by atoms with Crippen LogP contribution in [0.5, 0.6) is 0 Å². The molecule has 3 saturated carbocycles. The molecule has 0 heterocycles. The highest BCUT2D eigenvalue weighted by Crippen LogP contribution is 2.52. The fourth-order valence-electron chi connectivity index (χ4n) is 4.31. The lowest BCUT2D eigenvalue weighted by atomic mass is 9.51. The number of rotatable bonds is 3. The van der Waals surface area contributed by atoms with Crippen molar-refractivity contribution in [2.75, 3.05) is 6.54 Å². The Morgan fingerprint density at radius 3 is 2.75 bits per heavy atom. The van der Waals surface area contributed by atoms with Crippen LogP contribution < -0.4 is 5.32 Å². The Morgan fingerprint density at radius 1 is 1.35 bits per heavy atom. The molecule has 0 aromatic heterocycles. The molecule has 0 saturated heterocycles. The van der Waals surface area contributed by atoms with Crippen LogP contribution in [-0.2, 0) is 10.2 Å². The maximum atomic E-state index is 12.3. The summed E-state index contributed by atoms with van der Waals surface area (Å²) in [6, 6.07) is 10.8. The number of carbonyl (C=O) groups excluding carboxylic acids is 1. The molecule has 20 heavy (non-hydrogen) atoms. The average molecular weight is 267 g/mol. The molecule has 3 aliphatic carbocycles. The zero-order valence-corrected chi connectivity index (χ0v) is 11.9. The first-order chi connectivity index (χ1) is 9.67. The molecule has 1 N–H and O–H groups in total. The van der Waals surface area contributed by atoms with Crippen molar-refractivity contribution in [1.82, 2.24) is 5.32 Å². The summed E-state index contributed by atoms with van der Waals surface area (Å²) >= 11 is 0. The van der Waals surface area contributed by atoms with E-state index in [4.69, 9.17) is 6.42 Å². The van der Waals surface area contributed by atoms with Crippen molar-refractivity contribution in [2.45, 2.75) is 37.6 Å². The van der Waals surface area contributed by atoms with Gasteiger partial charge in [-0.1, -0.05) is 43.2 Å². The van der Waals surface area contributed by atoms with Crippen LogP contribution in [0.25, 0.3) is 0 Å². The lowest BCUT2D eigenvalue weighted by Crippen LogP contribution is -2.63. The summed E-state index contributed by atoms with van der Waals surface area (Å²) in [7, 11) is 0. The van der Waals surface area contributed by atoms with Crippen LogP contribution in [0, 0.1) is 24.2 Å². The molecule has 0 spiro atoms. The number of benzene rings is 1. The molecule has 0 amide bonds. The number of ketones is 1. The van der Waals surface area contributed by atoms with Crippen LogP contribution in [0.1, 0.15) is 31.7 Å². The Kier molecular flexibility index (Phi) is 3.40. The fraction of sp³-hybridized carbons (Fsp3) is 0.500. The van der Waals surface area contributed by atoms with Crippen molar-refractivity contribution in [3.63, 3.8) is 0 Å². The lowest BCUT2D eigenvalue weighted by Gasteiger charge is -2.55. The van der Waals surface area contributed by atoms with E-state index in [1.165, 1.54) is 5.56 Å². The maximum Gasteiger partial charge on any atom is 0.137 e. The van der Waals surface area contributed by atoms with E-state index in [1.807, 2.05) is 6.07 Å². The summed E-state index contributed by atoms with van der Waals surface area (Å²) < 4.78 is 0. The first-order valence-corrected chi connectivity index (χ1v) is 7.43. The molecule has 3 fully saturated rings. The number of hydrogen-bond donors (Lipinski definition) is 1. The van der Waals surface area contributed by atoms with Crippen LogP contribution >= 0.6 is 0 Å². The largest absolute Gasteiger partial charge is 0.302 e. The van der Waals surface area contributed by atoms with Crippen molar-refractivity contribution >= 4 is 5.78 Å². The predicted molar refractivity (Wildman–Crippen MR) is 80.3 cm³/mol. The Labute approximate surface area is 121 Å². The third kappa shape index (κ3) is 1.89. The van der Waals surface area contributed by atoms with Crippen LogP contribution in [0.2, 0.25) is 0 Å². The van der Waals surface area contributed by atoms with Gasteiger partial charge in [0.25, 0.3) is 0 Å². The zero-order valence-electron chi connectivity index (χ0n) is 11.9. The van der Waals surface area contributed by atoms with Gasteiger partial charge in [0.2, 0.25) is 0 Å². The molecular formula is C18H21NO. The topological polar surface area (TPSA) is 29.1 Å². The van der Waals surface area contributed by atoms with Gasteiger partial charge in [-0.05, 0) is 24.3 Å².